The van der Waals surface area contributed by atoms with E-state index in [1.54, 1.807) is 28.4 Å². The molecule has 194 valence electrons. The lowest BCUT2D eigenvalue weighted by atomic mass is 9.93. The van der Waals surface area contributed by atoms with Gasteiger partial charge in [0.2, 0.25) is 11.8 Å². The summed E-state index contributed by atoms with van der Waals surface area (Å²) in [5, 5.41) is 2.10. The average molecular weight is 522 g/mol. The Kier molecular flexibility index (Phi) is 8.28. The first-order valence-electron chi connectivity index (χ1n) is 12.8. The molecule has 2 aliphatic rings. The number of halogens is 1. The predicted octanol–water partition coefficient (Wildman–Crippen LogP) is 4.11. The van der Waals surface area contributed by atoms with E-state index in [0.717, 1.165) is 24.1 Å². The van der Waals surface area contributed by atoms with E-state index in [2.05, 4.69) is 16.3 Å². The standard InChI is InChI=1S/C29H32FN3O3S/c30-24-8-4-7-23(19-24)29-25-11-18-37-26(25)9-12-33(29)13-10-27(34)31-14-16-32(17-15-31)28(35)21-36-20-22-5-2-1-3-6-22/h1-8,11,18-19,29H,9-10,12-17,20-21H2/t29-/m1/s1. The summed E-state index contributed by atoms with van der Waals surface area (Å²) in [6.45, 7) is 4.01. The van der Waals surface area contributed by atoms with Crippen molar-refractivity contribution in [3.8, 4) is 0 Å². The summed E-state index contributed by atoms with van der Waals surface area (Å²) in [5.74, 6) is -0.184. The third kappa shape index (κ3) is 6.26. The van der Waals surface area contributed by atoms with Gasteiger partial charge in [0.1, 0.15) is 12.4 Å². The summed E-state index contributed by atoms with van der Waals surface area (Å²) in [6.07, 6.45) is 1.35. The van der Waals surface area contributed by atoms with Gasteiger partial charge in [-0.2, -0.15) is 0 Å². The molecule has 1 aromatic heterocycles. The van der Waals surface area contributed by atoms with Crippen LogP contribution in [-0.2, 0) is 27.4 Å². The largest absolute Gasteiger partial charge is 0.367 e. The van der Waals surface area contributed by atoms with Crippen molar-refractivity contribution in [1.29, 1.82) is 0 Å². The molecule has 8 heteroatoms. The number of benzene rings is 2. The maximum Gasteiger partial charge on any atom is 0.248 e. The zero-order valence-corrected chi connectivity index (χ0v) is 21.7. The number of hydrogen-bond acceptors (Lipinski definition) is 5. The number of fused-ring (bicyclic) bond motifs is 1. The van der Waals surface area contributed by atoms with Gasteiger partial charge >= 0.3 is 0 Å². The van der Waals surface area contributed by atoms with E-state index >= 15 is 0 Å². The molecule has 1 atom stereocenters. The number of piperazine rings is 1. The van der Waals surface area contributed by atoms with Crippen LogP contribution in [0.3, 0.4) is 0 Å². The van der Waals surface area contributed by atoms with Crippen LogP contribution in [0.2, 0.25) is 0 Å². The van der Waals surface area contributed by atoms with Gasteiger partial charge in [-0.25, -0.2) is 4.39 Å². The highest BCUT2D eigenvalue weighted by molar-refractivity contribution is 7.10. The van der Waals surface area contributed by atoms with Gasteiger partial charge in [-0.1, -0.05) is 42.5 Å². The lowest BCUT2D eigenvalue weighted by molar-refractivity contribution is -0.142. The third-order valence-corrected chi connectivity index (χ3v) is 8.16. The molecular formula is C29H32FN3O3S. The molecule has 5 rings (SSSR count). The number of carbonyl (C=O) groups is 2. The first-order chi connectivity index (χ1) is 18.1. The Hall–Kier alpha value is -3.07. The van der Waals surface area contributed by atoms with Crippen LogP contribution in [0.1, 0.15) is 34.0 Å². The van der Waals surface area contributed by atoms with Gasteiger partial charge in [-0.3, -0.25) is 14.5 Å². The van der Waals surface area contributed by atoms with Gasteiger partial charge in [0.15, 0.2) is 0 Å². The van der Waals surface area contributed by atoms with Gasteiger partial charge in [0.05, 0.1) is 12.6 Å². The number of carbonyl (C=O) groups excluding carboxylic acids is 2. The minimum absolute atomic E-state index is 0.0381. The zero-order valence-electron chi connectivity index (χ0n) is 20.9. The Morgan fingerprint density at radius 1 is 0.919 bits per heavy atom. The molecule has 6 nitrogen and oxygen atoms in total. The summed E-state index contributed by atoms with van der Waals surface area (Å²) >= 11 is 1.75. The van der Waals surface area contributed by atoms with Crippen LogP contribution in [0.4, 0.5) is 4.39 Å². The summed E-state index contributed by atoms with van der Waals surface area (Å²) in [6, 6.07) is 18.7. The molecular weight excluding hydrogens is 489 g/mol. The van der Waals surface area contributed by atoms with Crippen LogP contribution >= 0.6 is 11.3 Å². The van der Waals surface area contributed by atoms with Crippen molar-refractivity contribution in [2.45, 2.75) is 25.5 Å². The molecule has 0 spiro atoms. The van der Waals surface area contributed by atoms with E-state index in [1.165, 1.54) is 16.5 Å². The van der Waals surface area contributed by atoms with Crippen LogP contribution in [-0.4, -0.2) is 72.4 Å². The normalized spacial score (nSPS) is 18.0. The number of ether oxygens (including phenoxy) is 1. The van der Waals surface area contributed by atoms with Gasteiger partial charge < -0.3 is 14.5 Å². The van der Waals surface area contributed by atoms with Crippen molar-refractivity contribution in [2.75, 3.05) is 45.9 Å². The molecule has 37 heavy (non-hydrogen) atoms. The maximum absolute atomic E-state index is 14.0. The minimum Gasteiger partial charge on any atom is -0.367 e. The first kappa shape index (κ1) is 25.6. The fourth-order valence-electron chi connectivity index (χ4n) is 5.20. The van der Waals surface area contributed by atoms with Crippen molar-refractivity contribution >= 4 is 23.2 Å². The van der Waals surface area contributed by atoms with Gasteiger partial charge in [-0.15, -0.1) is 11.3 Å². The Bertz CT molecular complexity index is 1210. The Morgan fingerprint density at radius 2 is 1.68 bits per heavy atom. The van der Waals surface area contributed by atoms with Crippen molar-refractivity contribution < 1.29 is 18.7 Å². The molecule has 0 aliphatic carbocycles. The predicted molar refractivity (Wildman–Crippen MR) is 142 cm³/mol. The average Bonchev–Trinajstić information content (AvgIpc) is 3.41. The van der Waals surface area contributed by atoms with Crippen molar-refractivity contribution in [1.82, 2.24) is 14.7 Å². The van der Waals surface area contributed by atoms with Crippen LogP contribution in [0.15, 0.2) is 66.0 Å². The summed E-state index contributed by atoms with van der Waals surface area (Å²) < 4.78 is 19.6. The maximum atomic E-state index is 14.0. The number of nitrogens with zero attached hydrogens (tertiary/aromatic N) is 3. The molecule has 0 N–H and O–H groups in total. The van der Waals surface area contributed by atoms with E-state index in [0.29, 0.717) is 45.8 Å². The molecule has 0 bridgehead atoms. The summed E-state index contributed by atoms with van der Waals surface area (Å²) in [5.41, 5.74) is 3.18. The second-order valence-electron chi connectivity index (χ2n) is 9.53. The van der Waals surface area contributed by atoms with Gasteiger partial charge in [0.25, 0.3) is 0 Å². The van der Waals surface area contributed by atoms with Crippen LogP contribution in [0, 0.1) is 5.82 Å². The molecule has 0 radical (unpaired) electrons. The zero-order chi connectivity index (χ0) is 25.6. The molecule has 0 unspecified atom stereocenters. The van der Waals surface area contributed by atoms with Crippen molar-refractivity contribution in [3.63, 3.8) is 0 Å². The molecule has 2 amide bonds. The monoisotopic (exact) mass is 521 g/mol. The van der Waals surface area contributed by atoms with Gasteiger partial charge in [0, 0.05) is 50.6 Å². The van der Waals surface area contributed by atoms with Gasteiger partial charge in [-0.05, 0) is 46.7 Å². The molecule has 0 saturated carbocycles. The van der Waals surface area contributed by atoms with E-state index in [4.69, 9.17) is 4.74 Å². The molecule has 3 aromatic rings. The van der Waals surface area contributed by atoms with Crippen LogP contribution in [0.5, 0.6) is 0 Å². The number of hydrogen-bond donors (Lipinski definition) is 0. The molecule has 2 aliphatic heterocycles. The van der Waals surface area contributed by atoms with E-state index in [1.807, 2.05) is 41.3 Å². The summed E-state index contributed by atoms with van der Waals surface area (Å²) in [7, 11) is 0. The SMILES string of the molecule is O=C(CCN1CCc2sccc2[C@H]1c1cccc(F)c1)N1CCN(C(=O)COCc2ccccc2)CC1. The summed E-state index contributed by atoms with van der Waals surface area (Å²) in [4.78, 5) is 32.9. The molecule has 1 saturated heterocycles. The van der Waals surface area contributed by atoms with Crippen molar-refractivity contribution in [3.05, 3.63) is 93.4 Å². The van der Waals surface area contributed by atoms with E-state index < -0.39 is 0 Å². The second kappa shape index (κ2) is 12.0. The van der Waals surface area contributed by atoms with E-state index in [-0.39, 0.29) is 30.3 Å². The molecule has 2 aromatic carbocycles. The highest BCUT2D eigenvalue weighted by Gasteiger charge is 2.31. The minimum atomic E-state index is -0.242. The van der Waals surface area contributed by atoms with Crippen molar-refractivity contribution in [2.24, 2.45) is 0 Å². The first-order valence-corrected chi connectivity index (χ1v) is 13.7. The Balaban J connectivity index is 1.11. The Labute approximate surface area is 221 Å². The molecule has 1 fully saturated rings. The number of amides is 2. The highest BCUT2D eigenvalue weighted by Crippen LogP contribution is 2.38. The topological polar surface area (TPSA) is 53.1 Å². The van der Waals surface area contributed by atoms with E-state index in [9.17, 15) is 14.0 Å². The fraction of sp³-hybridized carbons (Fsp3) is 0.379. The smallest absolute Gasteiger partial charge is 0.248 e. The fourth-order valence-corrected chi connectivity index (χ4v) is 6.10. The van der Waals surface area contributed by atoms with Crippen LogP contribution in [0.25, 0.3) is 0 Å². The third-order valence-electron chi connectivity index (χ3n) is 7.17. The lowest BCUT2D eigenvalue weighted by Gasteiger charge is -2.38. The quantitative estimate of drug-likeness (QED) is 0.448. The second-order valence-corrected chi connectivity index (χ2v) is 10.5. The lowest BCUT2D eigenvalue weighted by Crippen LogP contribution is -2.51. The van der Waals surface area contributed by atoms with Crippen LogP contribution < -0.4 is 0 Å². The highest BCUT2D eigenvalue weighted by atomic mass is 32.1. The Morgan fingerprint density at radius 3 is 2.43 bits per heavy atom. The number of rotatable bonds is 8. The molecule has 3 heterocycles. The number of thiophene rings is 1.